The lowest BCUT2D eigenvalue weighted by molar-refractivity contribution is -0.111. The van der Waals surface area contributed by atoms with Gasteiger partial charge in [-0.1, -0.05) is 6.58 Å². The molecule has 1 aromatic rings. The van der Waals surface area contributed by atoms with Gasteiger partial charge in [-0.15, -0.1) is 11.3 Å². The first-order valence-corrected chi connectivity index (χ1v) is 5.25. The predicted molar refractivity (Wildman–Crippen MR) is 59.1 cm³/mol. The van der Waals surface area contributed by atoms with E-state index in [1.165, 1.54) is 11.3 Å². The average molecular weight is 225 g/mol. The zero-order valence-electron chi connectivity index (χ0n) is 8.28. The molecule has 0 aliphatic rings. The van der Waals surface area contributed by atoms with Crippen molar-refractivity contribution >= 4 is 28.9 Å². The lowest BCUT2D eigenvalue weighted by atomic mass is 10.3. The van der Waals surface area contributed by atoms with E-state index in [1.54, 1.807) is 18.4 Å². The highest BCUT2D eigenvalue weighted by atomic mass is 32.1. The maximum Gasteiger partial charge on any atom is 0.350 e. The Morgan fingerprint density at radius 3 is 3.00 bits per heavy atom. The van der Waals surface area contributed by atoms with Crippen molar-refractivity contribution in [3.63, 3.8) is 0 Å². The second-order valence-corrected chi connectivity index (χ2v) is 3.49. The molecule has 0 bridgehead atoms. The van der Waals surface area contributed by atoms with Gasteiger partial charge in [-0.05, 0) is 24.4 Å². The number of carbonyl (C=O) groups excluding carboxylic acids is 2. The number of rotatable bonds is 4. The van der Waals surface area contributed by atoms with E-state index in [2.05, 4.69) is 11.9 Å². The Balaban J connectivity index is 2.81. The number of nitrogens with one attached hydrogen (secondary N) is 1. The van der Waals surface area contributed by atoms with Crippen LogP contribution in [0.2, 0.25) is 0 Å². The Morgan fingerprint density at radius 2 is 2.40 bits per heavy atom. The molecule has 0 aliphatic carbocycles. The molecule has 0 fully saturated rings. The zero-order chi connectivity index (χ0) is 11.3. The molecule has 0 saturated heterocycles. The smallest absolute Gasteiger partial charge is 0.350 e. The van der Waals surface area contributed by atoms with Gasteiger partial charge in [0.15, 0.2) is 0 Å². The standard InChI is InChI=1S/C10H11NO3S/c1-3-8(12)11-7-5-6-15-9(7)10(13)14-4-2/h3,5-6H,1,4H2,2H3,(H,11,12). The van der Waals surface area contributed by atoms with Gasteiger partial charge in [0.1, 0.15) is 4.88 Å². The summed E-state index contributed by atoms with van der Waals surface area (Å²) in [6.07, 6.45) is 1.15. The number of ether oxygens (including phenoxy) is 1. The Hall–Kier alpha value is -1.62. The van der Waals surface area contributed by atoms with Gasteiger partial charge in [-0.3, -0.25) is 4.79 Å². The highest BCUT2D eigenvalue weighted by molar-refractivity contribution is 7.12. The third-order valence-corrected chi connectivity index (χ3v) is 2.46. The molecule has 4 nitrogen and oxygen atoms in total. The van der Waals surface area contributed by atoms with Crippen LogP contribution in [0.4, 0.5) is 5.69 Å². The van der Waals surface area contributed by atoms with E-state index in [0.717, 1.165) is 6.08 Å². The summed E-state index contributed by atoms with van der Waals surface area (Å²) in [4.78, 5) is 22.8. The van der Waals surface area contributed by atoms with Gasteiger partial charge in [-0.25, -0.2) is 4.79 Å². The molecule has 0 saturated carbocycles. The Labute approximate surface area is 91.6 Å². The van der Waals surface area contributed by atoms with Crippen LogP contribution >= 0.6 is 11.3 Å². The summed E-state index contributed by atoms with van der Waals surface area (Å²) in [7, 11) is 0. The van der Waals surface area contributed by atoms with Crippen LogP contribution in [0.15, 0.2) is 24.1 Å². The minimum absolute atomic E-state index is 0.311. The molecular formula is C10H11NO3S. The van der Waals surface area contributed by atoms with Gasteiger partial charge in [0.2, 0.25) is 5.91 Å². The van der Waals surface area contributed by atoms with Gasteiger partial charge >= 0.3 is 5.97 Å². The fourth-order valence-electron chi connectivity index (χ4n) is 0.946. The Morgan fingerprint density at radius 1 is 1.67 bits per heavy atom. The molecule has 80 valence electrons. The van der Waals surface area contributed by atoms with Crippen LogP contribution in [0.25, 0.3) is 0 Å². The summed E-state index contributed by atoms with van der Waals surface area (Å²) in [5.41, 5.74) is 0.461. The van der Waals surface area contributed by atoms with Gasteiger partial charge in [0.25, 0.3) is 0 Å². The predicted octanol–water partition coefficient (Wildman–Crippen LogP) is 2.05. The minimum atomic E-state index is -0.424. The molecule has 1 heterocycles. The number of anilines is 1. The number of carbonyl (C=O) groups is 2. The van der Waals surface area contributed by atoms with Crippen LogP contribution in [0, 0.1) is 0 Å². The SMILES string of the molecule is C=CC(=O)Nc1ccsc1C(=O)OCC. The normalized spacial score (nSPS) is 9.40. The largest absolute Gasteiger partial charge is 0.462 e. The lowest BCUT2D eigenvalue weighted by Gasteiger charge is -2.03. The number of hydrogen-bond donors (Lipinski definition) is 1. The molecular weight excluding hydrogens is 214 g/mol. The second-order valence-electron chi connectivity index (χ2n) is 2.58. The molecule has 0 unspecified atom stereocenters. The number of amides is 1. The molecule has 15 heavy (non-hydrogen) atoms. The van der Waals surface area contributed by atoms with Crippen molar-refractivity contribution in [2.75, 3.05) is 11.9 Å². The molecule has 1 aromatic heterocycles. The topological polar surface area (TPSA) is 55.4 Å². The Kier molecular flexibility index (Phi) is 4.05. The lowest BCUT2D eigenvalue weighted by Crippen LogP contribution is -2.11. The van der Waals surface area contributed by atoms with Crippen LogP contribution in [0.5, 0.6) is 0 Å². The number of thiophene rings is 1. The maximum atomic E-state index is 11.4. The maximum absolute atomic E-state index is 11.4. The van der Waals surface area contributed by atoms with Crippen molar-refractivity contribution in [1.82, 2.24) is 0 Å². The molecule has 0 atom stereocenters. The van der Waals surface area contributed by atoms with Crippen molar-refractivity contribution in [2.45, 2.75) is 6.92 Å². The Bertz CT molecular complexity index is 384. The van der Waals surface area contributed by atoms with E-state index in [1.807, 2.05) is 0 Å². The molecule has 5 heteroatoms. The molecule has 1 rings (SSSR count). The van der Waals surface area contributed by atoms with E-state index in [-0.39, 0.29) is 5.91 Å². The van der Waals surface area contributed by atoms with E-state index in [9.17, 15) is 9.59 Å². The highest BCUT2D eigenvalue weighted by Crippen LogP contribution is 2.23. The van der Waals surface area contributed by atoms with Gasteiger partial charge in [0, 0.05) is 0 Å². The number of esters is 1. The van der Waals surface area contributed by atoms with Crippen LogP contribution in [-0.2, 0) is 9.53 Å². The van der Waals surface area contributed by atoms with Gasteiger partial charge < -0.3 is 10.1 Å². The van der Waals surface area contributed by atoms with Crippen LogP contribution in [-0.4, -0.2) is 18.5 Å². The molecule has 1 amide bonds. The average Bonchev–Trinajstić information content (AvgIpc) is 2.66. The van der Waals surface area contributed by atoms with Crippen molar-refractivity contribution < 1.29 is 14.3 Å². The molecule has 1 N–H and O–H groups in total. The highest BCUT2D eigenvalue weighted by Gasteiger charge is 2.14. The summed E-state index contributed by atoms with van der Waals surface area (Å²) in [6, 6.07) is 1.65. The van der Waals surface area contributed by atoms with Crippen LogP contribution < -0.4 is 5.32 Å². The van der Waals surface area contributed by atoms with Crippen LogP contribution in [0.3, 0.4) is 0 Å². The monoisotopic (exact) mass is 225 g/mol. The third-order valence-electron chi connectivity index (χ3n) is 1.57. The fourth-order valence-corrected chi connectivity index (χ4v) is 1.69. The van der Waals surface area contributed by atoms with E-state index in [0.29, 0.717) is 17.2 Å². The first-order valence-electron chi connectivity index (χ1n) is 4.37. The first kappa shape index (κ1) is 11.5. The van der Waals surface area contributed by atoms with Crippen molar-refractivity contribution in [3.05, 3.63) is 29.0 Å². The van der Waals surface area contributed by atoms with Gasteiger partial charge in [0.05, 0.1) is 12.3 Å². The summed E-state index contributed by atoms with van der Waals surface area (Å²) in [5, 5.41) is 4.25. The van der Waals surface area contributed by atoms with E-state index in [4.69, 9.17) is 4.74 Å². The minimum Gasteiger partial charge on any atom is -0.462 e. The summed E-state index contributed by atoms with van der Waals surface area (Å²) < 4.78 is 4.84. The molecule has 0 spiro atoms. The number of hydrogen-bond acceptors (Lipinski definition) is 4. The fraction of sp³-hybridized carbons (Fsp3) is 0.200. The third kappa shape index (κ3) is 2.92. The molecule has 0 aliphatic heterocycles. The van der Waals surface area contributed by atoms with E-state index < -0.39 is 5.97 Å². The van der Waals surface area contributed by atoms with Crippen molar-refractivity contribution in [1.29, 1.82) is 0 Å². The quantitative estimate of drug-likeness (QED) is 0.630. The zero-order valence-corrected chi connectivity index (χ0v) is 9.10. The van der Waals surface area contributed by atoms with Crippen LogP contribution in [0.1, 0.15) is 16.6 Å². The molecule has 0 aromatic carbocycles. The first-order chi connectivity index (χ1) is 7.19. The van der Waals surface area contributed by atoms with E-state index >= 15 is 0 Å². The van der Waals surface area contributed by atoms with Gasteiger partial charge in [-0.2, -0.15) is 0 Å². The molecule has 0 radical (unpaired) electrons. The summed E-state index contributed by atoms with van der Waals surface area (Å²) in [5.74, 6) is -0.772. The second kappa shape index (κ2) is 5.31. The van der Waals surface area contributed by atoms with Crippen molar-refractivity contribution in [3.8, 4) is 0 Å². The summed E-state index contributed by atoms with van der Waals surface area (Å²) in [6.45, 7) is 5.37. The van der Waals surface area contributed by atoms with Crippen molar-refractivity contribution in [2.24, 2.45) is 0 Å². The summed E-state index contributed by atoms with van der Waals surface area (Å²) >= 11 is 1.23.